The molecular weight excluding hydrogens is 585 g/mol. The highest BCUT2D eigenvalue weighted by Gasteiger charge is 2.24. The number of nitrogens with zero attached hydrogens (tertiary/aromatic N) is 2. The SMILES string of the molecule is CC(CC(C)C)=C1CC1.CCC(CC(C)CCC1CC(C)CCO1)C1C=C(SN=O)C=CC1.CCCCC.CCCCCN(C)C. The van der Waals surface area contributed by atoms with Crippen molar-refractivity contribution in [2.24, 2.45) is 34.2 Å². The molecule has 1 heterocycles. The normalized spacial score (nSPS) is 21.5. The molecule has 0 aromatic heterocycles. The molecular formula is C41H78N2O2S. The molecule has 3 rings (SSSR count). The van der Waals surface area contributed by atoms with Crippen LogP contribution >= 0.6 is 11.9 Å². The van der Waals surface area contributed by atoms with Gasteiger partial charge in [-0.15, -0.1) is 4.91 Å². The second-order valence-corrected chi connectivity index (χ2v) is 15.9. The first-order valence-corrected chi connectivity index (χ1v) is 20.1. The summed E-state index contributed by atoms with van der Waals surface area (Å²) in [6.07, 6.45) is 27.7. The van der Waals surface area contributed by atoms with Crippen LogP contribution in [0.15, 0.2) is 38.9 Å². The average Bonchev–Trinajstić information content (AvgIpc) is 3.87. The molecule has 2 aliphatic carbocycles. The Labute approximate surface area is 292 Å². The summed E-state index contributed by atoms with van der Waals surface area (Å²) in [6.45, 7) is 22.7. The fourth-order valence-electron chi connectivity index (χ4n) is 6.41. The van der Waals surface area contributed by atoms with Crippen molar-refractivity contribution in [3.8, 4) is 0 Å². The van der Waals surface area contributed by atoms with Crippen molar-refractivity contribution in [2.75, 3.05) is 27.2 Å². The van der Waals surface area contributed by atoms with E-state index in [2.05, 4.69) is 98.0 Å². The summed E-state index contributed by atoms with van der Waals surface area (Å²) < 4.78 is 8.89. The quantitative estimate of drug-likeness (QED) is 0.0672. The molecule has 0 bridgehead atoms. The molecule has 0 spiro atoms. The third kappa shape index (κ3) is 25.2. The highest BCUT2D eigenvalue weighted by atomic mass is 32.2. The summed E-state index contributed by atoms with van der Waals surface area (Å²) in [5.41, 5.74) is 3.38. The third-order valence-electron chi connectivity index (χ3n) is 9.39. The fraction of sp³-hybridized carbons (Fsp3) is 0.854. The van der Waals surface area contributed by atoms with Crippen LogP contribution in [-0.4, -0.2) is 38.3 Å². The highest BCUT2D eigenvalue weighted by Crippen LogP contribution is 2.36. The highest BCUT2D eigenvalue weighted by molar-refractivity contribution is 8.01. The van der Waals surface area contributed by atoms with E-state index in [0.717, 1.165) is 47.6 Å². The standard InChI is InChI=1S/C20H33NO2S.C9H16.C7H17N.C5H12/c1-4-17(18-6-5-7-20(14-18)24-21-22)12-15(2)8-9-19-13-16(3)10-11-23-19;1-7(2)6-8(3)9-4-5-9;1-4-5-6-7-8(2)3;1-3-5-4-2/h5,7,14-19H,4,6,8-13H2,1-3H3;7H,4-6H2,1-3H3;4-7H2,1-3H3;3-5H2,1-2H3. The number of nitroso groups, excluding NO2 is 1. The molecule has 3 aliphatic rings. The van der Waals surface area contributed by atoms with Crippen LogP contribution in [-0.2, 0) is 4.74 Å². The molecule has 2 fully saturated rings. The molecule has 0 aromatic carbocycles. The van der Waals surface area contributed by atoms with Crippen LogP contribution in [0.2, 0.25) is 0 Å². The van der Waals surface area contributed by atoms with Crippen molar-refractivity contribution < 1.29 is 4.74 Å². The second-order valence-electron chi connectivity index (χ2n) is 15.1. The van der Waals surface area contributed by atoms with E-state index in [1.807, 2.05) is 6.08 Å². The maximum Gasteiger partial charge on any atom is 0.0577 e. The minimum absolute atomic E-state index is 0.482. The van der Waals surface area contributed by atoms with Gasteiger partial charge in [0, 0.05) is 16.1 Å². The van der Waals surface area contributed by atoms with Crippen molar-refractivity contribution in [1.82, 2.24) is 4.90 Å². The van der Waals surface area contributed by atoms with Crippen LogP contribution in [0, 0.1) is 34.5 Å². The Balaban J connectivity index is 0.000000748. The van der Waals surface area contributed by atoms with E-state index in [-0.39, 0.29) is 0 Å². The molecule has 4 nitrogen and oxygen atoms in total. The van der Waals surface area contributed by atoms with Crippen molar-refractivity contribution in [1.29, 1.82) is 0 Å². The predicted molar refractivity (Wildman–Crippen MR) is 208 cm³/mol. The van der Waals surface area contributed by atoms with Gasteiger partial charge in [0.1, 0.15) is 0 Å². The maximum absolute atomic E-state index is 10.5. The lowest BCUT2D eigenvalue weighted by atomic mass is 9.78. The van der Waals surface area contributed by atoms with Gasteiger partial charge in [-0.2, -0.15) is 0 Å². The van der Waals surface area contributed by atoms with Crippen molar-refractivity contribution in [3.05, 3.63) is 39.2 Å². The van der Waals surface area contributed by atoms with Gasteiger partial charge in [0.15, 0.2) is 0 Å². The number of hydrogen-bond donors (Lipinski definition) is 0. The lowest BCUT2D eigenvalue weighted by Crippen LogP contribution is -2.25. The van der Waals surface area contributed by atoms with Crippen LogP contribution in [0.1, 0.15) is 165 Å². The second kappa shape index (κ2) is 29.0. The van der Waals surface area contributed by atoms with E-state index >= 15 is 0 Å². The van der Waals surface area contributed by atoms with Crippen molar-refractivity contribution >= 4 is 11.9 Å². The van der Waals surface area contributed by atoms with Gasteiger partial charge in [0.05, 0.1) is 18.1 Å². The summed E-state index contributed by atoms with van der Waals surface area (Å²) in [5.74, 6) is 3.65. The lowest BCUT2D eigenvalue weighted by Gasteiger charge is -2.30. The zero-order chi connectivity index (χ0) is 34.7. The molecule has 1 saturated carbocycles. The van der Waals surface area contributed by atoms with Gasteiger partial charge in [-0.3, -0.25) is 0 Å². The topological polar surface area (TPSA) is 41.9 Å². The summed E-state index contributed by atoms with van der Waals surface area (Å²) in [7, 11) is 4.24. The summed E-state index contributed by atoms with van der Waals surface area (Å²) in [6, 6.07) is 0. The fourth-order valence-corrected chi connectivity index (χ4v) is 6.89. The molecule has 0 amide bonds. The number of rotatable bonds is 17. The zero-order valence-electron chi connectivity index (χ0n) is 32.5. The first-order chi connectivity index (χ1) is 22.0. The van der Waals surface area contributed by atoms with Gasteiger partial charge in [0.2, 0.25) is 0 Å². The number of allylic oxidation sites excluding steroid dienone is 5. The van der Waals surface area contributed by atoms with Crippen LogP contribution in [0.4, 0.5) is 0 Å². The van der Waals surface area contributed by atoms with E-state index in [1.165, 1.54) is 103 Å². The molecule has 270 valence electrons. The zero-order valence-corrected chi connectivity index (χ0v) is 33.4. The molecule has 5 unspecified atom stereocenters. The lowest BCUT2D eigenvalue weighted by molar-refractivity contribution is -0.0126. The van der Waals surface area contributed by atoms with Gasteiger partial charge in [0.25, 0.3) is 0 Å². The Kier molecular flexibility index (Phi) is 28.5. The molecule has 46 heavy (non-hydrogen) atoms. The Morgan fingerprint density at radius 1 is 1.04 bits per heavy atom. The van der Waals surface area contributed by atoms with Crippen LogP contribution in [0.25, 0.3) is 0 Å². The first-order valence-electron chi connectivity index (χ1n) is 19.3. The van der Waals surface area contributed by atoms with Gasteiger partial charge >= 0.3 is 0 Å². The van der Waals surface area contributed by atoms with Gasteiger partial charge in [-0.1, -0.05) is 123 Å². The Bertz CT molecular complexity index is 826. The smallest absolute Gasteiger partial charge is 0.0577 e. The predicted octanol–water partition coefficient (Wildman–Crippen LogP) is 13.6. The minimum Gasteiger partial charge on any atom is -0.378 e. The van der Waals surface area contributed by atoms with Gasteiger partial charge < -0.3 is 9.64 Å². The van der Waals surface area contributed by atoms with Crippen LogP contribution in [0.3, 0.4) is 0 Å². The van der Waals surface area contributed by atoms with Crippen molar-refractivity contribution in [2.45, 2.75) is 171 Å². The largest absolute Gasteiger partial charge is 0.378 e. The van der Waals surface area contributed by atoms with E-state index in [1.54, 1.807) is 11.1 Å². The van der Waals surface area contributed by atoms with Crippen LogP contribution < -0.4 is 0 Å². The number of unbranched alkanes of at least 4 members (excludes halogenated alkanes) is 4. The summed E-state index contributed by atoms with van der Waals surface area (Å²) >= 11 is 1.06. The third-order valence-corrected chi connectivity index (χ3v) is 9.95. The van der Waals surface area contributed by atoms with Crippen molar-refractivity contribution in [3.63, 3.8) is 0 Å². The Hall–Kier alpha value is -0.910. The Morgan fingerprint density at radius 2 is 1.72 bits per heavy atom. The number of hydrogen-bond acceptors (Lipinski definition) is 5. The van der Waals surface area contributed by atoms with Gasteiger partial charge in [-0.25, -0.2) is 0 Å². The maximum atomic E-state index is 10.5. The molecule has 1 saturated heterocycles. The first kappa shape index (κ1) is 45.1. The summed E-state index contributed by atoms with van der Waals surface area (Å²) in [4.78, 5) is 13.7. The Morgan fingerprint density at radius 3 is 2.22 bits per heavy atom. The number of ether oxygens (including phenoxy) is 1. The molecule has 5 heteroatoms. The molecule has 0 aromatic rings. The summed E-state index contributed by atoms with van der Waals surface area (Å²) in [5, 5.41) is 0. The minimum atomic E-state index is 0.482. The molecule has 5 atom stereocenters. The molecule has 1 aliphatic heterocycles. The van der Waals surface area contributed by atoms with Gasteiger partial charge in [-0.05, 0) is 121 Å². The van der Waals surface area contributed by atoms with E-state index in [9.17, 15) is 4.91 Å². The average molecular weight is 663 g/mol. The molecule has 0 radical (unpaired) electrons. The molecule has 0 N–H and O–H groups in total. The van der Waals surface area contributed by atoms with E-state index < -0.39 is 0 Å². The van der Waals surface area contributed by atoms with E-state index in [4.69, 9.17) is 4.74 Å². The monoisotopic (exact) mass is 663 g/mol. The van der Waals surface area contributed by atoms with Crippen LogP contribution in [0.5, 0.6) is 0 Å². The van der Waals surface area contributed by atoms with E-state index in [0.29, 0.717) is 17.9 Å².